The van der Waals surface area contributed by atoms with Crippen LogP contribution in [0, 0.1) is 11.8 Å². The summed E-state index contributed by atoms with van der Waals surface area (Å²) in [7, 11) is 0. The summed E-state index contributed by atoms with van der Waals surface area (Å²) in [5.74, 6) is 0.735. The average Bonchev–Trinajstić information content (AvgIpc) is 3.01. The first-order valence-electron chi connectivity index (χ1n) is 10.2. The molecule has 4 rings (SSSR count). The molecule has 0 spiro atoms. The van der Waals surface area contributed by atoms with Gasteiger partial charge in [-0.05, 0) is 39.5 Å². The lowest BCUT2D eigenvalue weighted by Crippen LogP contribution is -2.61. The van der Waals surface area contributed by atoms with Crippen LogP contribution in [0.4, 0.5) is 0 Å². The van der Waals surface area contributed by atoms with Crippen molar-refractivity contribution in [1.82, 2.24) is 19.4 Å². The lowest BCUT2D eigenvalue weighted by atomic mass is 9.75. The molecule has 0 bridgehead atoms. The van der Waals surface area contributed by atoms with Crippen LogP contribution in [0.1, 0.15) is 57.7 Å². The van der Waals surface area contributed by atoms with Gasteiger partial charge in [0, 0.05) is 56.8 Å². The lowest BCUT2D eigenvalue weighted by Gasteiger charge is -2.51. The second kappa shape index (κ2) is 6.97. The van der Waals surface area contributed by atoms with Crippen LogP contribution in [-0.2, 0) is 11.3 Å². The molecule has 6 nitrogen and oxygen atoms in total. The van der Waals surface area contributed by atoms with Gasteiger partial charge >= 0.3 is 0 Å². The van der Waals surface area contributed by atoms with Gasteiger partial charge in [0.25, 0.3) is 0 Å². The van der Waals surface area contributed by atoms with Crippen molar-refractivity contribution in [2.24, 2.45) is 11.8 Å². The molecule has 3 aliphatic rings. The molecule has 3 heterocycles. The number of carbonyl (C=O) groups excluding carboxylic acids is 1. The Hall–Kier alpha value is -1.40. The number of hydrogen-bond acceptors (Lipinski definition) is 4. The summed E-state index contributed by atoms with van der Waals surface area (Å²) in [6.07, 6.45) is 8.68. The van der Waals surface area contributed by atoms with Crippen molar-refractivity contribution < 1.29 is 9.90 Å². The van der Waals surface area contributed by atoms with E-state index in [-0.39, 0.29) is 11.8 Å². The first-order chi connectivity index (χ1) is 12.5. The Bertz CT molecular complexity index is 654. The molecule has 144 valence electrons. The second-order valence-corrected chi connectivity index (χ2v) is 8.83. The summed E-state index contributed by atoms with van der Waals surface area (Å²) >= 11 is 0. The van der Waals surface area contributed by atoms with Crippen LogP contribution >= 0.6 is 0 Å². The number of carbonyl (C=O) groups is 1. The summed E-state index contributed by atoms with van der Waals surface area (Å²) in [6, 6.07) is 0.402. The minimum absolute atomic E-state index is 0.157. The highest BCUT2D eigenvalue weighted by Crippen LogP contribution is 2.38. The summed E-state index contributed by atoms with van der Waals surface area (Å²) in [5.41, 5.74) is 0.634. The largest absolute Gasteiger partial charge is 0.389 e. The maximum atomic E-state index is 12.6. The zero-order valence-corrected chi connectivity index (χ0v) is 16.1. The molecule has 1 amide bonds. The van der Waals surface area contributed by atoms with E-state index in [4.69, 9.17) is 0 Å². The van der Waals surface area contributed by atoms with Crippen LogP contribution in [0.25, 0.3) is 0 Å². The number of amides is 1. The third kappa shape index (κ3) is 3.29. The van der Waals surface area contributed by atoms with Crippen LogP contribution in [0.15, 0.2) is 12.5 Å². The summed E-state index contributed by atoms with van der Waals surface area (Å²) in [6.45, 7) is 8.41. The fraction of sp³-hybridized carbons (Fsp3) is 0.800. The molecule has 0 unspecified atom stereocenters. The number of aromatic nitrogens is 2. The van der Waals surface area contributed by atoms with E-state index < -0.39 is 5.60 Å². The van der Waals surface area contributed by atoms with Crippen LogP contribution in [0.3, 0.4) is 0 Å². The Labute approximate surface area is 156 Å². The van der Waals surface area contributed by atoms with E-state index in [9.17, 15) is 9.90 Å². The van der Waals surface area contributed by atoms with E-state index in [1.165, 1.54) is 12.1 Å². The lowest BCUT2D eigenvalue weighted by molar-refractivity contribution is -0.153. The van der Waals surface area contributed by atoms with Crippen molar-refractivity contribution in [3.05, 3.63) is 18.2 Å². The van der Waals surface area contributed by atoms with Gasteiger partial charge in [-0.1, -0.05) is 6.42 Å². The van der Waals surface area contributed by atoms with Gasteiger partial charge in [-0.15, -0.1) is 0 Å². The van der Waals surface area contributed by atoms with Gasteiger partial charge in [0.2, 0.25) is 5.91 Å². The summed E-state index contributed by atoms with van der Waals surface area (Å²) in [4.78, 5) is 21.4. The first-order valence-corrected chi connectivity index (χ1v) is 10.2. The molecule has 2 aliphatic heterocycles. The number of nitrogens with zero attached hydrogens (tertiary/aromatic N) is 4. The molecule has 3 fully saturated rings. The minimum atomic E-state index is -0.592. The zero-order chi connectivity index (χ0) is 18.3. The monoisotopic (exact) mass is 360 g/mol. The second-order valence-electron chi connectivity index (χ2n) is 8.83. The van der Waals surface area contributed by atoms with Crippen LogP contribution in [0.5, 0.6) is 0 Å². The molecule has 1 aromatic rings. The molecule has 1 aromatic heterocycles. The van der Waals surface area contributed by atoms with Crippen molar-refractivity contribution in [3.63, 3.8) is 0 Å². The molecule has 0 aromatic carbocycles. The highest BCUT2D eigenvalue weighted by molar-refractivity contribution is 5.79. The van der Waals surface area contributed by atoms with Crippen molar-refractivity contribution in [2.75, 3.05) is 26.2 Å². The molecule has 1 saturated carbocycles. The Morgan fingerprint density at radius 2 is 2.08 bits per heavy atom. The highest BCUT2D eigenvalue weighted by atomic mass is 16.3. The van der Waals surface area contributed by atoms with Crippen molar-refractivity contribution in [2.45, 2.75) is 64.1 Å². The molecular weight excluding hydrogens is 328 g/mol. The minimum Gasteiger partial charge on any atom is -0.389 e. The van der Waals surface area contributed by atoms with Gasteiger partial charge < -0.3 is 14.6 Å². The number of aliphatic hydroxyl groups is 1. The van der Waals surface area contributed by atoms with Crippen molar-refractivity contribution >= 4 is 5.91 Å². The molecule has 2 saturated heterocycles. The highest BCUT2D eigenvalue weighted by Gasteiger charge is 2.46. The van der Waals surface area contributed by atoms with E-state index in [1.807, 2.05) is 17.4 Å². The molecule has 1 N–H and O–H groups in total. The Balaban J connectivity index is 1.41. The smallest absolute Gasteiger partial charge is 0.225 e. The van der Waals surface area contributed by atoms with Gasteiger partial charge in [-0.25, -0.2) is 4.98 Å². The summed E-state index contributed by atoms with van der Waals surface area (Å²) in [5, 5.41) is 11.1. The number of fused-ring (bicyclic) bond motifs is 1. The van der Waals surface area contributed by atoms with E-state index in [0.717, 1.165) is 51.9 Å². The van der Waals surface area contributed by atoms with E-state index in [1.54, 1.807) is 0 Å². The number of imidazole rings is 1. The fourth-order valence-electron chi connectivity index (χ4n) is 4.78. The van der Waals surface area contributed by atoms with E-state index in [2.05, 4.69) is 28.3 Å². The SMILES string of the molecule is CC(C)n1cncc1CN1CC[C@@]2(O)CCN(C(=O)C3CCC3)C[C@H]2C1. The van der Waals surface area contributed by atoms with Gasteiger partial charge in [-0.3, -0.25) is 9.69 Å². The molecule has 2 atom stereocenters. The van der Waals surface area contributed by atoms with Crippen molar-refractivity contribution in [3.8, 4) is 0 Å². The van der Waals surface area contributed by atoms with Gasteiger partial charge in [0.05, 0.1) is 17.6 Å². The molecule has 6 heteroatoms. The van der Waals surface area contributed by atoms with Gasteiger partial charge in [0.1, 0.15) is 0 Å². The zero-order valence-electron chi connectivity index (χ0n) is 16.1. The van der Waals surface area contributed by atoms with Crippen molar-refractivity contribution in [1.29, 1.82) is 0 Å². The van der Waals surface area contributed by atoms with E-state index >= 15 is 0 Å². The fourth-order valence-corrected chi connectivity index (χ4v) is 4.78. The summed E-state index contributed by atoms with van der Waals surface area (Å²) < 4.78 is 2.22. The Morgan fingerprint density at radius 3 is 2.77 bits per heavy atom. The molecule has 1 aliphatic carbocycles. The topological polar surface area (TPSA) is 61.6 Å². The molecule has 26 heavy (non-hydrogen) atoms. The van der Waals surface area contributed by atoms with Crippen LogP contribution in [-0.4, -0.2) is 62.1 Å². The molecular formula is C20H32N4O2. The first kappa shape index (κ1) is 18.0. The van der Waals surface area contributed by atoms with E-state index in [0.29, 0.717) is 18.5 Å². The van der Waals surface area contributed by atoms with Crippen LogP contribution < -0.4 is 0 Å². The maximum Gasteiger partial charge on any atom is 0.225 e. The van der Waals surface area contributed by atoms with Crippen LogP contribution in [0.2, 0.25) is 0 Å². The normalized spacial score (nSPS) is 30.3. The average molecular weight is 361 g/mol. The standard InChI is InChI=1S/C20H32N4O2/c1-15(2)24-14-21-10-18(24)13-22-8-6-20(26)7-9-23(12-17(20)11-22)19(25)16-4-3-5-16/h10,14-17,26H,3-9,11-13H2,1-2H3/t17-,20-/m1/s1. The Morgan fingerprint density at radius 1 is 1.31 bits per heavy atom. The van der Waals surface area contributed by atoms with Gasteiger partial charge in [0.15, 0.2) is 0 Å². The third-order valence-corrected chi connectivity index (χ3v) is 6.81. The predicted molar refractivity (Wildman–Crippen MR) is 99.5 cm³/mol. The predicted octanol–water partition coefficient (Wildman–Crippen LogP) is 2.05. The quantitative estimate of drug-likeness (QED) is 0.893. The third-order valence-electron chi connectivity index (χ3n) is 6.81. The Kier molecular flexibility index (Phi) is 4.82. The molecule has 0 radical (unpaired) electrons. The number of likely N-dealkylation sites (tertiary alicyclic amines) is 2. The number of hydrogen-bond donors (Lipinski definition) is 1. The number of piperidine rings is 2. The van der Waals surface area contributed by atoms with Gasteiger partial charge in [-0.2, -0.15) is 0 Å². The number of rotatable bonds is 4. The maximum absolute atomic E-state index is 12.6.